The first-order valence-electron chi connectivity index (χ1n) is 9.81. The van der Waals surface area contributed by atoms with Crippen LogP contribution in [0.4, 0.5) is 0 Å². The van der Waals surface area contributed by atoms with E-state index in [0.717, 1.165) is 0 Å². The second-order valence-electron chi connectivity index (χ2n) is 7.03. The minimum absolute atomic E-state index is 0.208. The number of unbranched alkanes of at least 4 members (excludes halogenated alkanes) is 1. The van der Waals surface area contributed by atoms with Gasteiger partial charge in [-0.15, -0.1) is 0 Å². The number of aliphatic carboxylic acids is 1. The Balaban J connectivity index is 4.87. The first-order valence-corrected chi connectivity index (χ1v) is 11.2. The molecule has 0 spiro atoms. The third-order valence-electron chi connectivity index (χ3n) is 4.35. The highest BCUT2D eigenvalue weighted by Gasteiger charge is 2.30. The Bertz CT molecular complexity index is 577. The minimum atomic E-state index is -1.31. The fourth-order valence-electron chi connectivity index (χ4n) is 2.46. The zero-order valence-electron chi connectivity index (χ0n) is 17.7. The fraction of sp³-hybridized carbons (Fsp3) is 0.778. The summed E-state index contributed by atoms with van der Waals surface area (Å²) in [6.45, 7) is 3.11. The van der Waals surface area contributed by atoms with Crippen molar-refractivity contribution in [3.63, 3.8) is 0 Å². The van der Waals surface area contributed by atoms with E-state index >= 15 is 0 Å². The minimum Gasteiger partial charge on any atom is -0.480 e. The molecule has 0 radical (unpaired) electrons. The highest BCUT2D eigenvalue weighted by atomic mass is 32.2. The van der Waals surface area contributed by atoms with Crippen LogP contribution in [0.15, 0.2) is 0 Å². The van der Waals surface area contributed by atoms with Crippen molar-refractivity contribution >= 4 is 35.5 Å². The summed E-state index contributed by atoms with van der Waals surface area (Å²) in [6, 6.07) is -4.34. The lowest BCUT2D eigenvalue weighted by Crippen LogP contribution is -2.59. The van der Waals surface area contributed by atoms with E-state index in [9.17, 15) is 29.4 Å². The molecule has 0 bridgehead atoms. The molecule has 0 aromatic carbocycles. The van der Waals surface area contributed by atoms with Gasteiger partial charge in [0.25, 0.3) is 0 Å². The average Bonchev–Trinajstić information content (AvgIpc) is 2.68. The van der Waals surface area contributed by atoms with Crippen LogP contribution in [0.3, 0.4) is 0 Å². The quantitative estimate of drug-likeness (QED) is 0.140. The SMILES string of the molecule is CSCCC(N)C(=O)NC(C(=O)NC(C)C(=O)NC(CCCCN)C(=O)O)C(C)O. The number of nitrogens with one attached hydrogen (secondary N) is 3. The number of carboxylic acid groups (broad SMARTS) is 1. The van der Waals surface area contributed by atoms with Crippen molar-refractivity contribution < 1.29 is 29.4 Å². The van der Waals surface area contributed by atoms with Gasteiger partial charge in [-0.2, -0.15) is 11.8 Å². The van der Waals surface area contributed by atoms with Gasteiger partial charge in [0.05, 0.1) is 12.1 Å². The maximum atomic E-state index is 12.5. The summed E-state index contributed by atoms with van der Waals surface area (Å²) in [5.41, 5.74) is 11.2. The molecule has 11 nitrogen and oxygen atoms in total. The van der Waals surface area contributed by atoms with Crippen LogP contribution in [0.5, 0.6) is 0 Å². The fourth-order valence-corrected chi connectivity index (χ4v) is 2.95. The molecule has 0 fully saturated rings. The van der Waals surface area contributed by atoms with Gasteiger partial charge in [-0.1, -0.05) is 0 Å². The van der Waals surface area contributed by atoms with Gasteiger partial charge in [-0.3, -0.25) is 14.4 Å². The van der Waals surface area contributed by atoms with Gasteiger partial charge in [0.2, 0.25) is 17.7 Å². The first-order chi connectivity index (χ1) is 14.0. The molecule has 0 heterocycles. The third-order valence-corrected chi connectivity index (χ3v) is 4.99. The maximum absolute atomic E-state index is 12.5. The standard InChI is InChI=1S/C18H35N5O6S/c1-10(15(25)22-13(18(28)29)6-4-5-8-19)21-17(27)14(11(2)24)23-16(26)12(20)7-9-30-3/h10-14,24H,4-9,19-20H2,1-3H3,(H,21,27)(H,22,25)(H,23,26)(H,28,29). The lowest BCUT2D eigenvalue weighted by molar-refractivity contribution is -0.142. The number of rotatable bonds is 15. The highest BCUT2D eigenvalue weighted by molar-refractivity contribution is 7.98. The summed E-state index contributed by atoms with van der Waals surface area (Å²) >= 11 is 1.52. The Labute approximate surface area is 181 Å². The summed E-state index contributed by atoms with van der Waals surface area (Å²) in [7, 11) is 0. The molecule has 0 aliphatic heterocycles. The summed E-state index contributed by atoms with van der Waals surface area (Å²) in [4.78, 5) is 48.2. The molecule has 5 atom stereocenters. The van der Waals surface area contributed by atoms with Crippen LogP contribution in [-0.2, 0) is 19.2 Å². The Morgan fingerprint density at radius 3 is 2.10 bits per heavy atom. The number of carbonyl (C=O) groups excluding carboxylic acids is 3. The molecule has 0 saturated heterocycles. The van der Waals surface area contributed by atoms with Crippen molar-refractivity contribution in [2.75, 3.05) is 18.6 Å². The van der Waals surface area contributed by atoms with E-state index in [0.29, 0.717) is 31.6 Å². The Morgan fingerprint density at radius 1 is 0.967 bits per heavy atom. The molecule has 0 rings (SSSR count). The molecule has 0 saturated carbocycles. The van der Waals surface area contributed by atoms with E-state index in [2.05, 4.69) is 16.0 Å². The number of carbonyl (C=O) groups is 4. The molecule has 0 aromatic rings. The second-order valence-corrected chi connectivity index (χ2v) is 8.01. The van der Waals surface area contributed by atoms with Gasteiger partial charge < -0.3 is 37.6 Å². The van der Waals surface area contributed by atoms with Crippen molar-refractivity contribution in [2.24, 2.45) is 11.5 Å². The van der Waals surface area contributed by atoms with Gasteiger partial charge in [0.15, 0.2) is 0 Å². The third kappa shape index (κ3) is 10.8. The van der Waals surface area contributed by atoms with Crippen molar-refractivity contribution in [3.05, 3.63) is 0 Å². The first kappa shape index (κ1) is 28.1. The molecule has 0 aliphatic rings. The number of thioether (sulfide) groups is 1. The van der Waals surface area contributed by atoms with Crippen molar-refractivity contribution in [2.45, 2.75) is 69.8 Å². The Morgan fingerprint density at radius 2 is 1.60 bits per heavy atom. The number of nitrogens with two attached hydrogens (primary N) is 2. The number of amides is 3. The molecule has 12 heteroatoms. The molecule has 9 N–H and O–H groups in total. The van der Waals surface area contributed by atoms with Crippen LogP contribution >= 0.6 is 11.8 Å². The monoisotopic (exact) mass is 449 g/mol. The van der Waals surface area contributed by atoms with Gasteiger partial charge in [0.1, 0.15) is 18.1 Å². The summed E-state index contributed by atoms with van der Waals surface area (Å²) in [5, 5.41) is 26.2. The second kappa shape index (κ2) is 15.0. The molecule has 0 aromatic heterocycles. The van der Waals surface area contributed by atoms with E-state index < -0.39 is 54.0 Å². The van der Waals surface area contributed by atoms with Crippen LogP contribution in [-0.4, -0.2) is 82.7 Å². The summed E-state index contributed by atoms with van der Waals surface area (Å²) < 4.78 is 0. The Kier molecular flexibility index (Phi) is 14.0. The molecular formula is C18H35N5O6S. The highest BCUT2D eigenvalue weighted by Crippen LogP contribution is 2.03. The van der Waals surface area contributed by atoms with Crippen LogP contribution in [0, 0.1) is 0 Å². The predicted octanol–water partition coefficient (Wildman–Crippen LogP) is -1.86. The van der Waals surface area contributed by atoms with Gasteiger partial charge in [-0.25, -0.2) is 4.79 Å². The maximum Gasteiger partial charge on any atom is 0.326 e. The lowest BCUT2D eigenvalue weighted by atomic mass is 10.1. The van der Waals surface area contributed by atoms with Gasteiger partial charge in [-0.05, 0) is 58.1 Å². The molecule has 3 amide bonds. The largest absolute Gasteiger partial charge is 0.480 e. The topological polar surface area (TPSA) is 197 Å². The number of aliphatic hydroxyl groups excluding tert-OH is 1. The van der Waals surface area contributed by atoms with Crippen LogP contribution < -0.4 is 27.4 Å². The van der Waals surface area contributed by atoms with E-state index in [1.165, 1.54) is 25.6 Å². The zero-order chi connectivity index (χ0) is 23.3. The number of hydrogen-bond acceptors (Lipinski definition) is 8. The van der Waals surface area contributed by atoms with Gasteiger partial charge in [0, 0.05) is 0 Å². The lowest BCUT2D eigenvalue weighted by Gasteiger charge is -2.25. The average molecular weight is 450 g/mol. The molecule has 30 heavy (non-hydrogen) atoms. The molecular weight excluding hydrogens is 414 g/mol. The summed E-state index contributed by atoms with van der Waals surface area (Å²) in [5.74, 6) is -2.60. The van der Waals surface area contributed by atoms with Crippen molar-refractivity contribution in [1.29, 1.82) is 0 Å². The van der Waals surface area contributed by atoms with Crippen molar-refractivity contribution in [3.8, 4) is 0 Å². The Hall–Kier alpha value is -1.89. The van der Waals surface area contributed by atoms with Crippen LogP contribution in [0.25, 0.3) is 0 Å². The van der Waals surface area contributed by atoms with Crippen molar-refractivity contribution in [1.82, 2.24) is 16.0 Å². The molecule has 0 aliphatic carbocycles. The molecule has 5 unspecified atom stereocenters. The predicted molar refractivity (Wildman–Crippen MR) is 115 cm³/mol. The zero-order valence-corrected chi connectivity index (χ0v) is 18.5. The number of hydrogen-bond donors (Lipinski definition) is 7. The van der Waals surface area contributed by atoms with E-state index in [1.54, 1.807) is 0 Å². The normalized spacial score (nSPS) is 15.9. The number of aliphatic hydroxyl groups is 1. The van der Waals surface area contributed by atoms with Gasteiger partial charge >= 0.3 is 5.97 Å². The van der Waals surface area contributed by atoms with E-state index in [4.69, 9.17) is 11.5 Å². The van der Waals surface area contributed by atoms with Crippen LogP contribution in [0.2, 0.25) is 0 Å². The van der Waals surface area contributed by atoms with Crippen LogP contribution in [0.1, 0.15) is 39.5 Å². The number of carboxylic acids is 1. The van der Waals surface area contributed by atoms with E-state index in [1.807, 2.05) is 6.26 Å². The smallest absolute Gasteiger partial charge is 0.326 e. The van der Waals surface area contributed by atoms with E-state index in [-0.39, 0.29) is 6.42 Å². The summed E-state index contributed by atoms with van der Waals surface area (Å²) in [6.07, 6.45) is 2.40. The molecule has 174 valence electrons.